The van der Waals surface area contributed by atoms with E-state index in [0.717, 1.165) is 13.8 Å². The SMILES string of the molecule is N#Cc1ccccc1COc1ccc(C=Nn2c(=O)[nH]c3ccccc3c2=O)cc1I. The van der Waals surface area contributed by atoms with Crippen molar-refractivity contribution < 1.29 is 4.74 Å². The van der Waals surface area contributed by atoms with Gasteiger partial charge in [0.25, 0.3) is 5.56 Å². The number of fused-ring (bicyclic) bond motifs is 1. The lowest BCUT2D eigenvalue weighted by Gasteiger charge is -2.10. The molecule has 0 spiro atoms. The van der Waals surface area contributed by atoms with E-state index >= 15 is 0 Å². The molecular formula is C23H15IN4O3. The number of halogens is 1. The molecule has 1 heterocycles. The number of hydrogen-bond donors (Lipinski definition) is 1. The van der Waals surface area contributed by atoms with E-state index in [1.165, 1.54) is 6.21 Å². The number of hydrogen-bond acceptors (Lipinski definition) is 5. The van der Waals surface area contributed by atoms with Crippen LogP contribution in [0.2, 0.25) is 0 Å². The van der Waals surface area contributed by atoms with Crippen LogP contribution < -0.4 is 16.0 Å². The monoisotopic (exact) mass is 522 g/mol. The van der Waals surface area contributed by atoms with E-state index in [1.54, 1.807) is 42.5 Å². The largest absolute Gasteiger partial charge is 0.488 e. The minimum Gasteiger partial charge on any atom is -0.488 e. The van der Waals surface area contributed by atoms with E-state index in [-0.39, 0.29) is 6.61 Å². The predicted octanol–water partition coefficient (Wildman–Crippen LogP) is 3.63. The number of ether oxygens (including phenoxy) is 1. The molecule has 4 aromatic rings. The molecule has 0 aliphatic heterocycles. The lowest BCUT2D eigenvalue weighted by Crippen LogP contribution is -2.32. The molecule has 31 heavy (non-hydrogen) atoms. The lowest BCUT2D eigenvalue weighted by atomic mass is 10.1. The summed E-state index contributed by atoms with van der Waals surface area (Å²) in [5.74, 6) is 0.659. The van der Waals surface area contributed by atoms with E-state index in [2.05, 4.69) is 38.7 Å². The fourth-order valence-corrected chi connectivity index (χ4v) is 3.70. The average Bonchev–Trinajstić information content (AvgIpc) is 2.78. The Hall–Kier alpha value is -3.71. The van der Waals surface area contributed by atoms with Crippen molar-refractivity contribution in [3.8, 4) is 11.8 Å². The zero-order valence-corrected chi connectivity index (χ0v) is 18.2. The second kappa shape index (κ2) is 8.97. The first kappa shape index (κ1) is 20.6. The van der Waals surface area contributed by atoms with E-state index in [9.17, 15) is 14.9 Å². The summed E-state index contributed by atoms with van der Waals surface area (Å²) in [7, 11) is 0. The first-order valence-corrected chi connectivity index (χ1v) is 10.3. The second-order valence-corrected chi connectivity index (χ2v) is 7.75. The maximum atomic E-state index is 12.5. The molecule has 7 nitrogen and oxygen atoms in total. The van der Waals surface area contributed by atoms with Gasteiger partial charge in [-0.3, -0.25) is 4.79 Å². The number of H-pyrrole nitrogens is 1. The molecule has 0 bridgehead atoms. The highest BCUT2D eigenvalue weighted by Gasteiger charge is 2.07. The van der Waals surface area contributed by atoms with E-state index < -0.39 is 11.2 Å². The minimum atomic E-state index is -0.606. The van der Waals surface area contributed by atoms with Crippen LogP contribution in [0.3, 0.4) is 0 Å². The zero-order chi connectivity index (χ0) is 21.8. The summed E-state index contributed by atoms with van der Waals surface area (Å²) in [5.41, 5.74) is 1.47. The van der Waals surface area contributed by atoms with Gasteiger partial charge in [0.15, 0.2) is 0 Å². The third-order valence-electron chi connectivity index (χ3n) is 4.58. The lowest BCUT2D eigenvalue weighted by molar-refractivity contribution is 0.303. The second-order valence-electron chi connectivity index (χ2n) is 6.58. The predicted molar refractivity (Wildman–Crippen MR) is 126 cm³/mol. The highest BCUT2D eigenvalue weighted by molar-refractivity contribution is 14.1. The first-order chi connectivity index (χ1) is 15.1. The maximum Gasteiger partial charge on any atom is 0.349 e. The van der Waals surface area contributed by atoms with Crippen molar-refractivity contribution >= 4 is 39.7 Å². The van der Waals surface area contributed by atoms with Gasteiger partial charge in [-0.25, -0.2) is 4.79 Å². The van der Waals surface area contributed by atoms with Crippen LogP contribution in [0.5, 0.6) is 5.75 Å². The van der Waals surface area contributed by atoms with Crippen molar-refractivity contribution in [1.29, 1.82) is 5.26 Å². The molecule has 0 radical (unpaired) electrons. The third-order valence-corrected chi connectivity index (χ3v) is 5.43. The van der Waals surface area contributed by atoms with Gasteiger partial charge >= 0.3 is 5.69 Å². The van der Waals surface area contributed by atoms with Crippen molar-refractivity contribution in [3.05, 3.63) is 108 Å². The highest BCUT2D eigenvalue weighted by Crippen LogP contribution is 2.23. The summed E-state index contributed by atoms with van der Waals surface area (Å²) in [5, 5.41) is 13.6. The molecule has 1 aromatic heterocycles. The Labute approximate surface area is 190 Å². The number of benzene rings is 3. The standard InChI is InChI=1S/C23H15IN4O3/c24-19-11-15(9-10-21(19)31-14-17-6-2-1-5-16(17)12-25)13-26-28-22(29)18-7-3-4-8-20(18)27-23(28)30/h1-11,13H,14H2,(H,27,30). The molecule has 8 heteroatoms. The molecule has 0 amide bonds. The first-order valence-electron chi connectivity index (χ1n) is 9.25. The Morgan fingerprint density at radius 2 is 1.87 bits per heavy atom. The minimum absolute atomic E-state index is 0.273. The maximum absolute atomic E-state index is 12.5. The van der Waals surface area contributed by atoms with Crippen molar-refractivity contribution in [3.63, 3.8) is 0 Å². The molecule has 0 aliphatic rings. The fourth-order valence-electron chi connectivity index (χ4n) is 3.01. The zero-order valence-electron chi connectivity index (χ0n) is 16.1. The van der Waals surface area contributed by atoms with Crippen molar-refractivity contribution in [2.45, 2.75) is 6.61 Å². The number of nitrogens with zero attached hydrogens (tertiary/aromatic N) is 3. The van der Waals surface area contributed by atoms with Crippen LogP contribution in [-0.2, 0) is 6.61 Å². The number of aromatic amines is 1. The molecule has 0 saturated carbocycles. The Bertz CT molecular complexity index is 1460. The van der Waals surface area contributed by atoms with Gasteiger partial charge in [0.05, 0.1) is 32.3 Å². The van der Waals surface area contributed by atoms with Crippen LogP contribution in [0.25, 0.3) is 10.9 Å². The molecule has 0 saturated heterocycles. The topological polar surface area (TPSA) is 100 Å². The normalized spacial score (nSPS) is 11.0. The molecule has 3 aromatic carbocycles. The van der Waals surface area contributed by atoms with Gasteiger partial charge < -0.3 is 9.72 Å². The Morgan fingerprint density at radius 3 is 2.68 bits per heavy atom. The van der Waals surface area contributed by atoms with Crippen LogP contribution in [0.15, 0.2) is 81.4 Å². The van der Waals surface area contributed by atoms with Gasteiger partial charge in [0.1, 0.15) is 12.4 Å². The number of nitrogens with one attached hydrogen (secondary N) is 1. The van der Waals surface area contributed by atoms with Gasteiger partial charge in [0, 0.05) is 5.56 Å². The van der Waals surface area contributed by atoms with Gasteiger partial charge in [-0.05, 0) is 64.6 Å². The summed E-state index contributed by atoms with van der Waals surface area (Å²) < 4.78 is 7.49. The molecule has 1 N–H and O–H groups in total. The Kier molecular flexibility index (Phi) is 5.95. The highest BCUT2D eigenvalue weighted by atomic mass is 127. The van der Waals surface area contributed by atoms with Crippen LogP contribution in [0.1, 0.15) is 16.7 Å². The summed E-state index contributed by atoms with van der Waals surface area (Å²) in [6.07, 6.45) is 1.45. The molecule has 152 valence electrons. The number of aromatic nitrogens is 2. The van der Waals surface area contributed by atoms with Crippen LogP contribution in [0.4, 0.5) is 0 Å². The Morgan fingerprint density at radius 1 is 1.10 bits per heavy atom. The third kappa shape index (κ3) is 4.41. The molecular weight excluding hydrogens is 507 g/mol. The quantitative estimate of drug-likeness (QED) is 0.320. The van der Waals surface area contributed by atoms with Gasteiger partial charge in [-0.1, -0.05) is 30.3 Å². The van der Waals surface area contributed by atoms with E-state index in [0.29, 0.717) is 27.8 Å². The number of para-hydroxylation sites is 1. The van der Waals surface area contributed by atoms with E-state index in [4.69, 9.17) is 4.74 Å². The molecule has 0 aliphatic carbocycles. The summed E-state index contributed by atoms with van der Waals surface area (Å²) in [4.78, 5) is 27.4. The molecule has 0 atom stereocenters. The van der Waals surface area contributed by atoms with Gasteiger partial charge in [0.2, 0.25) is 0 Å². The van der Waals surface area contributed by atoms with Crippen molar-refractivity contribution in [2.24, 2.45) is 5.10 Å². The number of rotatable bonds is 5. The summed E-state index contributed by atoms with van der Waals surface area (Å²) >= 11 is 2.14. The number of nitriles is 1. The van der Waals surface area contributed by atoms with Crippen molar-refractivity contribution in [1.82, 2.24) is 9.66 Å². The van der Waals surface area contributed by atoms with E-state index in [1.807, 2.05) is 24.3 Å². The molecule has 0 fully saturated rings. The summed E-state index contributed by atoms with van der Waals surface area (Å²) in [6.45, 7) is 0.273. The molecule has 0 unspecified atom stereocenters. The average molecular weight is 522 g/mol. The summed E-state index contributed by atoms with van der Waals surface area (Å²) in [6, 6.07) is 21.6. The fraction of sp³-hybridized carbons (Fsp3) is 0.0435. The molecule has 4 rings (SSSR count). The van der Waals surface area contributed by atoms with Crippen LogP contribution in [0, 0.1) is 14.9 Å². The van der Waals surface area contributed by atoms with Gasteiger partial charge in [-0.2, -0.15) is 10.4 Å². The van der Waals surface area contributed by atoms with Gasteiger partial charge in [-0.15, -0.1) is 4.68 Å². The smallest absolute Gasteiger partial charge is 0.349 e. The van der Waals surface area contributed by atoms with Crippen molar-refractivity contribution in [2.75, 3.05) is 0 Å². The Balaban J connectivity index is 1.56. The van der Waals surface area contributed by atoms with Crippen LogP contribution >= 0.6 is 22.6 Å². The van der Waals surface area contributed by atoms with Crippen LogP contribution in [-0.4, -0.2) is 15.9 Å².